The maximum Gasteiger partial charge on any atom is 0.0541 e. The van der Waals surface area contributed by atoms with Gasteiger partial charge in [-0.15, -0.1) is 0 Å². The smallest absolute Gasteiger partial charge is 0.0541 e. The van der Waals surface area contributed by atoms with E-state index < -0.39 is 0 Å². The number of para-hydroxylation sites is 3. The van der Waals surface area contributed by atoms with Crippen molar-refractivity contribution in [3.8, 4) is 61.3 Å². The fraction of sp³-hybridized carbons (Fsp3) is 0.143. The summed E-state index contributed by atoms with van der Waals surface area (Å²) in [6.45, 7) is 0. The summed E-state index contributed by atoms with van der Waals surface area (Å²) in [5, 5.41) is 2.51. The zero-order valence-electron chi connectivity index (χ0n) is 40.3. The van der Waals surface area contributed by atoms with Gasteiger partial charge in [-0.05, 0) is 178 Å². The maximum atomic E-state index is 2.58. The molecule has 1 spiro atoms. The van der Waals surface area contributed by atoms with Crippen molar-refractivity contribution in [1.29, 1.82) is 0 Å². The van der Waals surface area contributed by atoms with E-state index in [0.717, 1.165) is 23.2 Å². The minimum atomic E-state index is 0.105. The number of benzene rings is 10. The molecule has 2 nitrogen and oxygen atoms in total. The highest BCUT2D eigenvalue weighted by molar-refractivity contribution is 6.10. The molecule has 4 bridgehead atoms. The average molecular weight is 923 g/mol. The fourth-order valence-corrected chi connectivity index (χ4v) is 15.0. The van der Waals surface area contributed by atoms with Crippen LogP contribution in [0.1, 0.15) is 43.2 Å². The lowest BCUT2D eigenvalue weighted by molar-refractivity contribution is -0.0399. The number of rotatable bonds is 8. The summed E-state index contributed by atoms with van der Waals surface area (Å²) in [7, 11) is 0. The van der Waals surface area contributed by atoms with Gasteiger partial charge in [0.1, 0.15) is 0 Å². The maximum absolute atomic E-state index is 2.58. The van der Waals surface area contributed by atoms with Gasteiger partial charge in [0.25, 0.3) is 0 Å². The molecule has 4 fully saturated rings. The quantitative estimate of drug-likeness (QED) is 0.147. The first-order valence-corrected chi connectivity index (χ1v) is 26.3. The first kappa shape index (κ1) is 41.6. The Morgan fingerprint density at radius 1 is 0.333 bits per heavy atom. The van der Waals surface area contributed by atoms with Crippen molar-refractivity contribution in [2.24, 2.45) is 23.7 Å². The molecule has 2 heteroatoms. The van der Waals surface area contributed by atoms with Gasteiger partial charge in [-0.3, -0.25) is 0 Å². The molecule has 0 saturated heterocycles. The fourth-order valence-electron chi connectivity index (χ4n) is 15.0. The Morgan fingerprint density at radius 2 is 0.875 bits per heavy atom. The lowest BCUT2D eigenvalue weighted by Gasteiger charge is -2.61. The van der Waals surface area contributed by atoms with Gasteiger partial charge in [0.2, 0.25) is 0 Å². The van der Waals surface area contributed by atoms with Crippen LogP contribution in [0.3, 0.4) is 0 Å². The Kier molecular flexibility index (Phi) is 9.49. The first-order chi connectivity index (χ1) is 35.7. The second-order valence-electron chi connectivity index (χ2n) is 21.2. The molecule has 5 aliphatic rings. The van der Waals surface area contributed by atoms with Gasteiger partial charge in [0.05, 0.1) is 16.7 Å². The number of aromatic nitrogens is 1. The number of anilines is 3. The first-order valence-electron chi connectivity index (χ1n) is 26.3. The van der Waals surface area contributed by atoms with Gasteiger partial charge in [-0.25, -0.2) is 0 Å². The zero-order valence-corrected chi connectivity index (χ0v) is 40.3. The van der Waals surface area contributed by atoms with E-state index in [0.29, 0.717) is 11.8 Å². The van der Waals surface area contributed by atoms with Gasteiger partial charge in [0.15, 0.2) is 0 Å². The summed E-state index contributed by atoms with van der Waals surface area (Å²) in [4.78, 5) is 2.56. The van der Waals surface area contributed by atoms with Crippen LogP contribution < -0.4 is 4.90 Å². The topological polar surface area (TPSA) is 8.17 Å². The van der Waals surface area contributed by atoms with Crippen molar-refractivity contribution in [3.63, 3.8) is 0 Å². The standard InChI is InChI=1S/C70H54N2/c1-3-18-48(19-4-1)56-24-7-8-25-57(56)58-26-9-10-27-59(58)61-29-12-15-32-67(61)71(55-35-36-66-63(45-55)60-28-11-14-31-65(60)70(66)51-39-46-38-47(41-51)42-52(70)40-46)54-23-17-20-49(43-54)50-34-37-69-64(44-50)62-30-13-16-33-68(62)72(69)53-21-5-2-6-22-53/h1-37,43-47,51-52H,38-42H2. The van der Waals surface area contributed by atoms with Crippen LogP contribution >= 0.6 is 0 Å². The van der Waals surface area contributed by atoms with E-state index in [2.05, 4.69) is 252 Å². The minimum Gasteiger partial charge on any atom is -0.310 e. The van der Waals surface area contributed by atoms with Gasteiger partial charge in [-0.2, -0.15) is 0 Å². The molecule has 344 valence electrons. The van der Waals surface area contributed by atoms with Crippen LogP contribution in [0.15, 0.2) is 243 Å². The van der Waals surface area contributed by atoms with E-state index in [4.69, 9.17) is 0 Å². The van der Waals surface area contributed by atoms with Crippen molar-refractivity contribution >= 4 is 38.9 Å². The Hall–Kier alpha value is -8.20. The molecule has 0 amide bonds. The molecule has 0 N–H and O–H groups in total. The van der Waals surface area contributed by atoms with Crippen molar-refractivity contribution in [1.82, 2.24) is 4.57 Å². The number of hydrogen-bond donors (Lipinski definition) is 0. The molecule has 0 atom stereocenters. The van der Waals surface area contributed by atoms with Gasteiger partial charge < -0.3 is 9.47 Å². The van der Waals surface area contributed by atoms with E-state index in [1.165, 1.54) is 121 Å². The SMILES string of the molecule is c1ccc(-c2ccccc2-c2ccccc2-c2ccccc2N(c2cccc(-c3ccc4c(c3)c3ccccc3n4-c3ccccc3)c2)c2ccc3c(c2)-c2ccccc2C32C3CC4CC(C3)CC2C4)cc1. The number of nitrogens with zero attached hydrogens (tertiary/aromatic N) is 2. The summed E-state index contributed by atoms with van der Waals surface area (Å²) >= 11 is 0. The molecular formula is C70H54N2. The molecule has 10 aromatic carbocycles. The van der Waals surface area contributed by atoms with Crippen LogP contribution in [0.4, 0.5) is 17.1 Å². The molecule has 1 heterocycles. The third kappa shape index (κ3) is 6.28. The number of hydrogen-bond acceptors (Lipinski definition) is 1. The van der Waals surface area contributed by atoms with Crippen molar-refractivity contribution in [2.45, 2.75) is 37.5 Å². The molecule has 4 saturated carbocycles. The Morgan fingerprint density at radius 3 is 1.64 bits per heavy atom. The molecule has 0 unspecified atom stereocenters. The lowest BCUT2D eigenvalue weighted by Crippen LogP contribution is -2.55. The van der Waals surface area contributed by atoms with Crippen LogP contribution in [0.25, 0.3) is 83.1 Å². The van der Waals surface area contributed by atoms with Crippen molar-refractivity contribution in [3.05, 3.63) is 254 Å². The predicted octanol–water partition coefficient (Wildman–Crippen LogP) is 18.6. The third-order valence-electron chi connectivity index (χ3n) is 17.6. The summed E-state index contributed by atoms with van der Waals surface area (Å²) in [6.07, 6.45) is 6.95. The van der Waals surface area contributed by atoms with E-state index in [1.807, 2.05) is 0 Å². The van der Waals surface area contributed by atoms with Gasteiger partial charge in [0, 0.05) is 38.8 Å². The summed E-state index contributed by atoms with van der Waals surface area (Å²) < 4.78 is 2.40. The van der Waals surface area contributed by atoms with Crippen molar-refractivity contribution in [2.75, 3.05) is 4.90 Å². The van der Waals surface area contributed by atoms with E-state index in [1.54, 1.807) is 11.1 Å². The van der Waals surface area contributed by atoms with Gasteiger partial charge in [-0.1, -0.05) is 182 Å². The molecule has 0 aliphatic heterocycles. The van der Waals surface area contributed by atoms with Crippen LogP contribution in [0.2, 0.25) is 0 Å². The molecule has 5 aliphatic carbocycles. The molecule has 1 aromatic heterocycles. The van der Waals surface area contributed by atoms with Crippen LogP contribution in [0.5, 0.6) is 0 Å². The normalized spacial score (nSPS) is 20.3. The second kappa shape index (κ2) is 16.4. The average Bonchev–Trinajstić information content (AvgIpc) is 3.93. The summed E-state index contributed by atoms with van der Waals surface area (Å²) in [5.41, 5.74) is 22.9. The minimum absolute atomic E-state index is 0.105. The van der Waals surface area contributed by atoms with E-state index in [9.17, 15) is 0 Å². The lowest BCUT2D eigenvalue weighted by atomic mass is 9.43. The molecule has 72 heavy (non-hydrogen) atoms. The Bertz CT molecular complexity index is 3870. The predicted molar refractivity (Wildman–Crippen MR) is 300 cm³/mol. The molecule has 11 aromatic rings. The van der Waals surface area contributed by atoms with Crippen LogP contribution in [0, 0.1) is 23.7 Å². The van der Waals surface area contributed by atoms with E-state index in [-0.39, 0.29) is 5.41 Å². The second-order valence-corrected chi connectivity index (χ2v) is 21.2. The van der Waals surface area contributed by atoms with Crippen LogP contribution in [-0.2, 0) is 5.41 Å². The highest BCUT2D eigenvalue weighted by Gasteiger charge is 2.61. The third-order valence-corrected chi connectivity index (χ3v) is 17.6. The molecule has 16 rings (SSSR count). The van der Waals surface area contributed by atoms with Crippen molar-refractivity contribution < 1.29 is 0 Å². The zero-order chi connectivity index (χ0) is 47.3. The Balaban J connectivity index is 0.929. The molecular weight excluding hydrogens is 869 g/mol. The van der Waals surface area contributed by atoms with Crippen LogP contribution in [-0.4, -0.2) is 4.57 Å². The highest BCUT2D eigenvalue weighted by Crippen LogP contribution is 2.69. The molecule has 0 radical (unpaired) electrons. The summed E-state index contributed by atoms with van der Waals surface area (Å²) in [5.74, 6) is 3.23. The highest BCUT2D eigenvalue weighted by atomic mass is 15.1. The largest absolute Gasteiger partial charge is 0.310 e. The Labute approximate surface area is 422 Å². The van der Waals surface area contributed by atoms with E-state index >= 15 is 0 Å². The summed E-state index contributed by atoms with van der Waals surface area (Å²) in [6, 6.07) is 90.9. The number of fused-ring (bicyclic) bond motifs is 6. The van der Waals surface area contributed by atoms with Gasteiger partial charge >= 0.3 is 0 Å². The monoisotopic (exact) mass is 922 g/mol.